The summed E-state index contributed by atoms with van der Waals surface area (Å²) < 4.78 is 12.2. The lowest BCUT2D eigenvalue weighted by molar-refractivity contribution is -0.123. The number of nitrogens with one attached hydrogen (secondary N) is 1. The molecule has 0 atom stereocenters. The molecule has 0 saturated heterocycles. The van der Waals surface area contributed by atoms with Crippen molar-refractivity contribution < 1.29 is 13.9 Å². The van der Waals surface area contributed by atoms with Gasteiger partial charge in [-0.15, -0.1) is 0 Å². The maximum Gasteiger partial charge on any atom is 0.277 e. The van der Waals surface area contributed by atoms with Crippen molar-refractivity contribution in [2.45, 2.75) is 13.8 Å². The first-order valence-corrected chi connectivity index (χ1v) is 9.18. The predicted octanol–water partition coefficient (Wildman–Crippen LogP) is 4.86. The van der Waals surface area contributed by atoms with Crippen LogP contribution >= 0.6 is 15.9 Å². The Labute approximate surface area is 166 Å². The van der Waals surface area contributed by atoms with E-state index >= 15 is 0 Å². The summed E-state index contributed by atoms with van der Waals surface area (Å²) in [5, 5.41) is 3.91. The van der Waals surface area contributed by atoms with E-state index in [4.69, 9.17) is 9.15 Å². The number of halogens is 1. The van der Waals surface area contributed by atoms with Gasteiger partial charge in [-0.3, -0.25) is 4.79 Å². The van der Waals surface area contributed by atoms with Gasteiger partial charge >= 0.3 is 0 Å². The second-order valence-corrected chi connectivity index (χ2v) is 7.03. The molecule has 1 N–H and O–H groups in total. The second-order valence-electron chi connectivity index (χ2n) is 6.12. The molecule has 0 spiro atoms. The van der Waals surface area contributed by atoms with E-state index in [2.05, 4.69) is 26.5 Å². The van der Waals surface area contributed by atoms with Crippen LogP contribution in [0.4, 0.5) is 0 Å². The molecule has 3 aromatic rings. The van der Waals surface area contributed by atoms with E-state index in [-0.39, 0.29) is 12.5 Å². The fourth-order valence-electron chi connectivity index (χ4n) is 2.58. The summed E-state index contributed by atoms with van der Waals surface area (Å²) in [6.45, 7) is 3.85. The van der Waals surface area contributed by atoms with Crippen LogP contribution in [0.2, 0.25) is 0 Å². The zero-order valence-electron chi connectivity index (χ0n) is 15.0. The van der Waals surface area contributed by atoms with Gasteiger partial charge in [0.1, 0.15) is 17.3 Å². The lowest BCUT2D eigenvalue weighted by Crippen LogP contribution is -2.24. The maximum absolute atomic E-state index is 11.9. The second kappa shape index (κ2) is 8.68. The fraction of sp³-hybridized carbons (Fsp3) is 0.143. The summed E-state index contributed by atoms with van der Waals surface area (Å²) in [4.78, 5) is 11.9. The summed E-state index contributed by atoms with van der Waals surface area (Å²) in [6, 6.07) is 17.3. The SMILES string of the molecule is Cc1cc(C)cc(OCC(=O)NN=Cc2ccc(-c3cccc(Br)c3)o2)c1. The molecule has 27 heavy (non-hydrogen) atoms. The van der Waals surface area contributed by atoms with E-state index in [1.54, 1.807) is 6.07 Å². The van der Waals surface area contributed by atoms with E-state index in [0.717, 1.165) is 26.9 Å². The van der Waals surface area contributed by atoms with Gasteiger partial charge in [-0.2, -0.15) is 5.10 Å². The lowest BCUT2D eigenvalue weighted by Gasteiger charge is -2.07. The third kappa shape index (κ3) is 5.56. The Bertz CT molecular complexity index is 959. The summed E-state index contributed by atoms with van der Waals surface area (Å²) in [7, 11) is 0. The Morgan fingerprint density at radius 1 is 1.15 bits per heavy atom. The molecule has 2 aromatic carbocycles. The third-order valence-corrected chi connectivity index (χ3v) is 4.18. The molecule has 1 amide bonds. The van der Waals surface area contributed by atoms with Crippen LogP contribution in [0.25, 0.3) is 11.3 Å². The molecule has 3 rings (SSSR count). The summed E-state index contributed by atoms with van der Waals surface area (Å²) >= 11 is 3.44. The average Bonchev–Trinajstić information content (AvgIpc) is 3.08. The first-order chi connectivity index (χ1) is 13.0. The average molecular weight is 427 g/mol. The zero-order chi connectivity index (χ0) is 19.2. The molecular weight excluding hydrogens is 408 g/mol. The van der Waals surface area contributed by atoms with Crippen molar-refractivity contribution in [1.82, 2.24) is 5.43 Å². The molecule has 5 nitrogen and oxygen atoms in total. The maximum atomic E-state index is 11.9. The quantitative estimate of drug-likeness (QED) is 0.452. The lowest BCUT2D eigenvalue weighted by atomic mass is 10.1. The third-order valence-electron chi connectivity index (χ3n) is 3.68. The molecule has 6 heteroatoms. The number of hydrazone groups is 1. The van der Waals surface area contributed by atoms with Crippen LogP contribution in [0.1, 0.15) is 16.9 Å². The Kier molecular flexibility index (Phi) is 6.08. The number of carbonyl (C=O) groups is 1. The molecule has 0 saturated carbocycles. The van der Waals surface area contributed by atoms with Gasteiger partial charge in [0.25, 0.3) is 5.91 Å². The van der Waals surface area contributed by atoms with E-state index in [9.17, 15) is 4.79 Å². The normalized spacial score (nSPS) is 10.9. The minimum Gasteiger partial charge on any atom is -0.484 e. The first-order valence-electron chi connectivity index (χ1n) is 8.38. The minimum atomic E-state index is -0.343. The van der Waals surface area contributed by atoms with Crippen LogP contribution in [0.3, 0.4) is 0 Å². The molecule has 0 radical (unpaired) electrons. The monoisotopic (exact) mass is 426 g/mol. The highest BCUT2D eigenvalue weighted by molar-refractivity contribution is 9.10. The highest BCUT2D eigenvalue weighted by Gasteiger charge is 2.05. The van der Waals surface area contributed by atoms with Gasteiger partial charge in [0.2, 0.25) is 0 Å². The summed E-state index contributed by atoms with van der Waals surface area (Å²) in [5.74, 6) is 1.59. The number of benzene rings is 2. The Morgan fingerprint density at radius 3 is 2.67 bits per heavy atom. The van der Waals surface area contributed by atoms with Gasteiger partial charge in [0, 0.05) is 10.0 Å². The van der Waals surface area contributed by atoms with Crippen molar-refractivity contribution in [2.24, 2.45) is 5.10 Å². The number of aryl methyl sites for hydroxylation is 2. The summed E-state index contributed by atoms with van der Waals surface area (Å²) in [5.41, 5.74) is 5.55. The molecule has 0 aliphatic carbocycles. The first kappa shape index (κ1) is 18.9. The van der Waals surface area contributed by atoms with Crippen molar-refractivity contribution in [3.8, 4) is 17.1 Å². The molecule has 138 valence electrons. The van der Waals surface area contributed by atoms with E-state index in [1.165, 1.54) is 6.21 Å². The van der Waals surface area contributed by atoms with Crippen LogP contribution in [0.15, 0.2) is 68.6 Å². The largest absolute Gasteiger partial charge is 0.484 e. The van der Waals surface area contributed by atoms with Gasteiger partial charge in [-0.25, -0.2) is 5.43 Å². The molecule has 1 heterocycles. The van der Waals surface area contributed by atoms with Crippen LogP contribution in [-0.4, -0.2) is 18.7 Å². The number of hydrogen-bond donors (Lipinski definition) is 1. The zero-order valence-corrected chi connectivity index (χ0v) is 16.6. The number of furan rings is 1. The Morgan fingerprint density at radius 2 is 1.93 bits per heavy atom. The van der Waals surface area contributed by atoms with Gasteiger partial charge < -0.3 is 9.15 Å². The van der Waals surface area contributed by atoms with E-state index in [0.29, 0.717) is 11.5 Å². The van der Waals surface area contributed by atoms with Crippen molar-refractivity contribution >= 4 is 28.1 Å². The van der Waals surface area contributed by atoms with Crippen LogP contribution < -0.4 is 10.2 Å². The van der Waals surface area contributed by atoms with Gasteiger partial charge in [0.15, 0.2) is 6.61 Å². The number of nitrogens with zero attached hydrogens (tertiary/aromatic N) is 1. The number of rotatable bonds is 6. The number of hydrogen-bond acceptors (Lipinski definition) is 4. The Balaban J connectivity index is 1.52. The van der Waals surface area contributed by atoms with Gasteiger partial charge in [-0.05, 0) is 61.4 Å². The number of amides is 1. The highest BCUT2D eigenvalue weighted by Crippen LogP contribution is 2.24. The smallest absolute Gasteiger partial charge is 0.277 e. The topological polar surface area (TPSA) is 63.8 Å². The molecule has 0 aliphatic rings. The Hall–Kier alpha value is -2.86. The summed E-state index contributed by atoms with van der Waals surface area (Å²) in [6.07, 6.45) is 1.45. The molecule has 1 aromatic heterocycles. The number of ether oxygens (including phenoxy) is 1. The van der Waals surface area contributed by atoms with Crippen molar-refractivity contribution in [1.29, 1.82) is 0 Å². The molecule has 0 bridgehead atoms. The molecular formula is C21H19BrN2O3. The van der Waals surface area contributed by atoms with Crippen molar-refractivity contribution in [3.05, 3.63) is 76.0 Å². The van der Waals surface area contributed by atoms with Crippen LogP contribution in [0.5, 0.6) is 5.75 Å². The molecule has 0 aliphatic heterocycles. The van der Waals surface area contributed by atoms with Gasteiger partial charge in [0.05, 0.1) is 6.21 Å². The fourth-order valence-corrected chi connectivity index (χ4v) is 2.98. The van der Waals surface area contributed by atoms with E-state index in [1.807, 2.05) is 62.4 Å². The standard InChI is InChI=1S/C21H19BrN2O3/c1-14-8-15(2)10-19(9-14)26-13-21(25)24-23-12-18-6-7-20(27-18)16-4-3-5-17(22)11-16/h3-12H,13H2,1-2H3,(H,24,25). The van der Waals surface area contributed by atoms with E-state index < -0.39 is 0 Å². The highest BCUT2D eigenvalue weighted by atomic mass is 79.9. The molecule has 0 unspecified atom stereocenters. The molecule has 0 fully saturated rings. The number of carbonyl (C=O) groups excluding carboxylic acids is 1. The van der Waals surface area contributed by atoms with Gasteiger partial charge in [-0.1, -0.05) is 34.1 Å². The van der Waals surface area contributed by atoms with Crippen LogP contribution in [0, 0.1) is 13.8 Å². The minimum absolute atomic E-state index is 0.109. The van der Waals surface area contributed by atoms with Crippen LogP contribution in [-0.2, 0) is 4.79 Å². The predicted molar refractivity (Wildman–Crippen MR) is 109 cm³/mol. The van der Waals surface area contributed by atoms with Crippen molar-refractivity contribution in [3.63, 3.8) is 0 Å². The van der Waals surface area contributed by atoms with Crippen molar-refractivity contribution in [2.75, 3.05) is 6.61 Å².